The summed E-state index contributed by atoms with van der Waals surface area (Å²) >= 11 is 0. The SMILES string of the molecule is CCCOc1ncccc1CNC(=NC)NCC(CC(C)C)N1CCOCC1.I. The molecule has 1 aromatic rings. The van der Waals surface area contributed by atoms with E-state index >= 15 is 0 Å². The molecule has 2 rings (SSSR count). The van der Waals surface area contributed by atoms with Gasteiger partial charge in [-0.05, 0) is 24.8 Å². The molecule has 0 bridgehead atoms. The highest BCUT2D eigenvalue weighted by Gasteiger charge is 2.22. The van der Waals surface area contributed by atoms with Crippen molar-refractivity contribution in [1.29, 1.82) is 0 Å². The lowest BCUT2D eigenvalue weighted by Crippen LogP contribution is -2.51. The van der Waals surface area contributed by atoms with Gasteiger partial charge in [-0.3, -0.25) is 9.89 Å². The van der Waals surface area contributed by atoms with E-state index in [1.54, 1.807) is 13.2 Å². The largest absolute Gasteiger partial charge is 0.477 e. The average molecular weight is 519 g/mol. The molecular formula is C21H38IN5O2. The van der Waals surface area contributed by atoms with Crippen molar-refractivity contribution in [3.05, 3.63) is 23.9 Å². The predicted molar refractivity (Wildman–Crippen MR) is 129 cm³/mol. The van der Waals surface area contributed by atoms with Crippen LogP contribution in [0.25, 0.3) is 0 Å². The number of nitrogens with zero attached hydrogens (tertiary/aromatic N) is 3. The van der Waals surface area contributed by atoms with Crippen LogP contribution < -0.4 is 15.4 Å². The van der Waals surface area contributed by atoms with Gasteiger partial charge in [-0.1, -0.05) is 26.8 Å². The molecule has 0 aromatic carbocycles. The molecule has 0 spiro atoms. The molecule has 2 N–H and O–H groups in total. The molecule has 1 unspecified atom stereocenters. The van der Waals surface area contributed by atoms with E-state index in [4.69, 9.17) is 9.47 Å². The third-order valence-electron chi connectivity index (χ3n) is 4.77. The van der Waals surface area contributed by atoms with Crippen LogP contribution >= 0.6 is 24.0 Å². The Morgan fingerprint density at radius 2 is 2.07 bits per heavy atom. The highest BCUT2D eigenvalue weighted by molar-refractivity contribution is 14.0. The molecule has 0 aliphatic carbocycles. The number of nitrogens with one attached hydrogen (secondary N) is 2. The molecule has 0 amide bonds. The second-order valence-corrected chi connectivity index (χ2v) is 7.55. The monoisotopic (exact) mass is 519 g/mol. The van der Waals surface area contributed by atoms with Crippen molar-refractivity contribution in [1.82, 2.24) is 20.5 Å². The second-order valence-electron chi connectivity index (χ2n) is 7.55. The first kappa shape index (κ1) is 25.9. The Morgan fingerprint density at radius 3 is 2.72 bits per heavy atom. The molecule has 166 valence electrons. The van der Waals surface area contributed by atoms with Gasteiger partial charge in [-0.2, -0.15) is 0 Å². The van der Waals surface area contributed by atoms with Gasteiger partial charge in [0.1, 0.15) is 0 Å². The summed E-state index contributed by atoms with van der Waals surface area (Å²) in [5, 5.41) is 6.89. The number of hydrogen-bond donors (Lipinski definition) is 2. The molecular weight excluding hydrogens is 481 g/mol. The van der Waals surface area contributed by atoms with Crippen molar-refractivity contribution in [2.24, 2.45) is 10.9 Å². The average Bonchev–Trinajstić information content (AvgIpc) is 2.72. The van der Waals surface area contributed by atoms with Crippen molar-refractivity contribution in [3.8, 4) is 5.88 Å². The summed E-state index contributed by atoms with van der Waals surface area (Å²) < 4.78 is 11.3. The van der Waals surface area contributed by atoms with Crippen LogP contribution in [-0.4, -0.2) is 68.4 Å². The van der Waals surface area contributed by atoms with Crippen molar-refractivity contribution in [3.63, 3.8) is 0 Å². The number of aliphatic imine (C=N–C) groups is 1. The third-order valence-corrected chi connectivity index (χ3v) is 4.77. The van der Waals surface area contributed by atoms with Gasteiger partial charge in [0, 0.05) is 51.0 Å². The van der Waals surface area contributed by atoms with Gasteiger partial charge >= 0.3 is 0 Å². The Labute approximate surface area is 193 Å². The number of ether oxygens (including phenoxy) is 2. The lowest BCUT2D eigenvalue weighted by atomic mass is 10.0. The van der Waals surface area contributed by atoms with E-state index in [1.807, 2.05) is 12.1 Å². The maximum atomic E-state index is 5.74. The standard InChI is InChI=1S/C21H37N5O2.HI/c1-5-11-28-20-18(7-6-8-23-20)15-24-21(22-4)25-16-19(14-17(2)3)26-9-12-27-13-10-26;/h6-8,17,19H,5,9-16H2,1-4H3,(H2,22,24,25);1H. The minimum absolute atomic E-state index is 0. The van der Waals surface area contributed by atoms with Crippen LogP contribution in [0.5, 0.6) is 5.88 Å². The van der Waals surface area contributed by atoms with E-state index in [-0.39, 0.29) is 24.0 Å². The van der Waals surface area contributed by atoms with Crippen molar-refractivity contribution in [2.45, 2.75) is 46.2 Å². The minimum Gasteiger partial charge on any atom is -0.477 e. The van der Waals surface area contributed by atoms with E-state index in [2.05, 4.69) is 46.3 Å². The number of aromatic nitrogens is 1. The molecule has 7 nitrogen and oxygen atoms in total. The topological polar surface area (TPSA) is 71.0 Å². The zero-order chi connectivity index (χ0) is 20.2. The molecule has 2 heterocycles. The summed E-state index contributed by atoms with van der Waals surface area (Å²) in [6, 6.07) is 4.45. The summed E-state index contributed by atoms with van der Waals surface area (Å²) in [6.07, 6.45) is 3.88. The van der Waals surface area contributed by atoms with Gasteiger partial charge in [-0.25, -0.2) is 4.98 Å². The molecule has 0 saturated carbocycles. The third kappa shape index (κ3) is 9.48. The number of hydrogen-bond acceptors (Lipinski definition) is 5. The Balaban J connectivity index is 0.00000420. The Bertz CT molecular complexity index is 594. The van der Waals surface area contributed by atoms with E-state index in [0.29, 0.717) is 31.0 Å². The summed E-state index contributed by atoms with van der Waals surface area (Å²) in [6.45, 7) is 12.5. The first-order valence-corrected chi connectivity index (χ1v) is 10.5. The molecule has 1 fully saturated rings. The Hall–Kier alpha value is -1.13. The number of rotatable bonds is 10. The fourth-order valence-electron chi connectivity index (χ4n) is 3.35. The van der Waals surface area contributed by atoms with Crippen LogP contribution in [0.1, 0.15) is 39.2 Å². The highest BCUT2D eigenvalue weighted by atomic mass is 127. The highest BCUT2D eigenvalue weighted by Crippen LogP contribution is 2.15. The Morgan fingerprint density at radius 1 is 1.31 bits per heavy atom. The number of halogens is 1. The molecule has 1 aliphatic heterocycles. The fraction of sp³-hybridized carbons (Fsp3) is 0.714. The van der Waals surface area contributed by atoms with Crippen LogP contribution in [0.3, 0.4) is 0 Å². The van der Waals surface area contributed by atoms with Crippen LogP contribution in [-0.2, 0) is 11.3 Å². The maximum Gasteiger partial charge on any atom is 0.218 e. The fourth-order valence-corrected chi connectivity index (χ4v) is 3.35. The van der Waals surface area contributed by atoms with Gasteiger partial charge in [0.15, 0.2) is 5.96 Å². The van der Waals surface area contributed by atoms with Crippen LogP contribution in [0, 0.1) is 5.92 Å². The van der Waals surface area contributed by atoms with Gasteiger partial charge < -0.3 is 20.1 Å². The summed E-state index contributed by atoms with van der Waals surface area (Å²) in [5.41, 5.74) is 1.03. The summed E-state index contributed by atoms with van der Waals surface area (Å²) in [7, 11) is 1.80. The molecule has 1 aromatic heterocycles. The minimum atomic E-state index is 0. The molecule has 1 aliphatic rings. The quantitative estimate of drug-likeness (QED) is 0.282. The molecule has 8 heteroatoms. The van der Waals surface area contributed by atoms with Crippen LogP contribution in [0.15, 0.2) is 23.3 Å². The van der Waals surface area contributed by atoms with E-state index in [9.17, 15) is 0 Å². The van der Waals surface area contributed by atoms with Crippen molar-refractivity contribution in [2.75, 3.05) is 46.5 Å². The Kier molecular flexibility index (Phi) is 13.2. The lowest BCUT2D eigenvalue weighted by Gasteiger charge is -2.35. The van der Waals surface area contributed by atoms with E-state index in [0.717, 1.165) is 57.2 Å². The first-order chi connectivity index (χ1) is 13.6. The lowest BCUT2D eigenvalue weighted by molar-refractivity contribution is 0.0132. The van der Waals surface area contributed by atoms with Crippen LogP contribution in [0.4, 0.5) is 0 Å². The van der Waals surface area contributed by atoms with Gasteiger partial charge in [-0.15, -0.1) is 24.0 Å². The second kappa shape index (κ2) is 14.8. The van der Waals surface area contributed by atoms with Gasteiger partial charge in [0.25, 0.3) is 0 Å². The number of pyridine rings is 1. The molecule has 0 radical (unpaired) electrons. The molecule has 1 saturated heterocycles. The van der Waals surface area contributed by atoms with Gasteiger partial charge in [0.2, 0.25) is 5.88 Å². The van der Waals surface area contributed by atoms with Crippen molar-refractivity contribution < 1.29 is 9.47 Å². The zero-order valence-electron chi connectivity index (χ0n) is 18.3. The van der Waals surface area contributed by atoms with Crippen molar-refractivity contribution >= 4 is 29.9 Å². The summed E-state index contributed by atoms with van der Waals surface area (Å²) in [5.74, 6) is 2.14. The molecule has 1 atom stereocenters. The molecule has 29 heavy (non-hydrogen) atoms. The smallest absolute Gasteiger partial charge is 0.218 e. The summed E-state index contributed by atoms with van der Waals surface area (Å²) in [4.78, 5) is 11.3. The maximum absolute atomic E-state index is 5.74. The number of morpholine rings is 1. The zero-order valence-corrected chi connectivity index (χ0v) is 20.6. The number of guanidine groups is 1. The van der Waals surface area contributed by atoms with E-state index < -0.39 is 0 Å². The first-order valence-electron chi connectivity index (χ1n) is 10.5. The van der Waals surface area contributed by atoms with Crippen LogP contribution in [0.2, 0.25) is 0 Å². The van der Waals surface area contributed by atoms with Gasteiger partial charge in [0.05, 0.1) is 19.8 Å². The van der Waals surface area contributed by atoms with E-state index in [1.165, 1.54) is 0 Å². The normalized spacial score (nSPS) is 16.2. The predicted octanol–water partition coefficient (Wildman–Crippen LogP) is 2.90.